The Balaban J connectivity index is 1.34. The predicted octanol–water partition coefficient (Wildman–Crippen LogP) is 4.89. The standard InChI is InChI=1S/C24H22N4O4S2/c1-16-8-11-20(14-17(16)2)25-22(29)15-33-24-27-26-23(32-24)18-9-12-19(13-10-18)28-34(30,31)21-6-4-3-5-7-21/h3-14,28H,15H2,1-2H3,(H,25,29). The summed E-state index contributed by atoms with van der Waals surface area (Å²) in [7, 11) is -3.67. The highest BCUT2D eigenvalue weighted by Crippen LogP contribution is 2.25. The maximum Gasteiger partial charge on any atom is 0.277 e. The Kier molecular flexibility index (Phi) is 6.99. The molecular formula is C24H22N4O4S2. The first-order valence-corrected chi connectivity index (χ1v) is 12.8. The number of hydrogen-bond donors (Lipinski definition) is 2. The van der Waals surface area contributed by atoms with E-state index >= 15 is 0 Å². The fraction of sp³-hybridized carbons (Fsp3) is 0.125. The molecule has 0 aliphatic heterocycles. The second kappa shape index (κ2) is 10.1. The second-order valence-electron chi connectivity index (χ2n) is 7.50. The molecule has 8 nitrogen and oxygen atoms in total. The molecule has 0 bridgehead atoms. The first-order chi connectivity index (χ1) is 16.3. The highest BCUT2D eigenvalue weighted by atomic mass is 32.2. The summed E-state index contributed by atoms with van der Waals surface area (Å²) in [5.74, 6) is 0.215. The Morgan fingerprint density at radius 2 is 1.62 bits per heavy atom. The maximum atomic E-state index is 12.4. The number of benzene rings is 3. The molecule has 1 heterocycles. The van der Waals surface area contributed by atoms with Crippen LogP contribution < -0.4 is 10.0 Å². The highest BCUT2D eigenvalue weighted by molar-refractivity contribution is 7.99. The molecule has 10 heteroatoms. The molecule has 174 valence electrons. The number of aryl methyl sites for hydroxylation is 2. The number of carbonyl (C=O) groups is 1. The quantitative estimate of drug-likeness (QED) is 0.335. The molecule has 1 amide bonds. The van der Waals surface area contributed by atoms with E-state index in [-0.39, 0.29) is 27.7 Å². The summed E-state index contributed by atoms with van der Waals surface area (Å²) in [4.78, 5) is 12.4. The zero-order valence-electron chi connectivity index (χ0n) is 18.5. The van der Waals surface area contributed by atoms with Crippen LogP contribution in [0.5, 0.6) is 0 Å². The third-order valence-electron chi connectivity index (χ3n) is 4.96. The summed E-state index contributed by atoms with van der Waals surface area (Å²) < 4.78 is 33.1. The normalized spacial score (nSPS) is 11.2. The van der Waals surface area contributed by atoms with Gasteiger partial charge in [0.2, 0.25) is 11.8 Å². The van der Waals surface area contributed by atoms with Crippen LogP contribution in [-0.4, -0.2) is 30.3 Å². The molecule has 0 saturated heterocycles. The van der Waals surface area contributed by atoms with Gasteiger partial charge in [0.25, 0.3) is 15.2 Å². The minimum atomic E-state index is -3.67. The van der Waals surface area contributed by atoms with E-state index in [9.17, 15) is 13.2 Å². The second-order valence-corrected chi connectivity index (χ2v) is 10.1. The smallest absolute Gasteiger partial charge is 0.277 e. The third-order valence-corrected chi connectivity index (χ3v) is 7.18. The Hall–Kier alpha value is -3.63. The lowest BCUT2D eigenvalue weighted by atomic mass is 10.1. The molecule has 0 atom stereocenters. The SMILES string of the molecule is Cc1ccc(NC(=O)CSc2nnc(-c3ccc(NS(=O)(=O)c4ccccc4)cc3)o2)cc1C. The van der Waals surface area contributed by atoms with Crippen molar-refractivity contribution >= 4 is 39.1 Å². The number of sulfonamides is 1. The average Bonchev–Trinajstić information content (AvgIpc) is 3.30. The van der Waals surface area contributed by atoms with Gasteiger partial charge in [0, 0.05) is 16.9 Å². The Bertz CT molecular complexity index is 1400. The van der Waals surface area contributed by atoms with Crippen molar-refractivity contribution in [1.29, 1.82) is 0 Å². The van der Waals surface area contributed by atoms with Gasteiger partial charge in [0.15, 0.2) is 0 Å². The summed E-state index contributed by atoms with van der Waals surface area (Å²) in [5, 5.41) is 11.1. The lowest BCUT2D eigenvalue weighted by Crippen LogP contribution is -2.14. The van der Waals surface area contributed by atoms with Crippen LogP contribution in [-0.2, 0) is 14.8 Å². The van der Waals surface area contributed by atoms with Crippen molar-refractivity contribution in [3.05, 3.63) is 83.9 Å². The summed E-state index contributed by atoms with van der Waals surface area (Å²) in [5.41, 5.74) is 4.03. The van der Waals surface area contributed by atoms with Gasteiger partial charge in [0.05, 0.1) is 10.6 Å². The number of hydrogen-bond acceptors (Lipinski definition) is 7. The fourth-order valence-corrected chi connectivity index (χ4v) is 4.67. The van der Waals surface area contributed by atoms with Gasteiger partial charge < -0.3 is 9.73 Å². The molecule has 0 fully saturated rings. The fourth-order valence-electron chi connectivity index (χ4n) is 3.02. The number of carbonyl (C=O) groups excluding carboxylic acids is 1. The average molecular weight is 495 g/mol. The number of amides is 1. The zero-order valence-corrected chi connectivity index (χ0v) is 20.1. The van der Waals surface area contributed by atoms with Crippen LogP contribution in [0.25, 0.3) is 11.5 Å². The minimum Gasteiger partial charge on any atom is -0.411 e. The molecule has 0 unspecified atom stereocenters. The summed E-state index contributed by atoms with van der Waals surface area (Å²) in [6.07, 6.45) is 0. The molecule has 0 aliphatic carbocycles. The number of anilines is 2. The van der Waals surface area contributed by atoms with Crippen molar-refractivity contribution in [2.45, 2.75) is 24.0 Å². The highest BCUT2D eigenvalue weighted by Gasteiger charge is 2.15. The van der Waals surface area contributed by atoms with E-state index in [2.05, 4.69) is 20.2 Å². The molecule has 1 aromatic heterocycles. The summed E-state index contributed by atoms with van der Waals surface area (Å²) in [6.45, 7) is 4.01. The van der Waals surface area contributed by atoms with Crippen LogP contribution >= 0.6 is 11.8 Å². The van der Waals surface area contributed by atoms with Crippen LogP contribution in [0.3, 0.4) is 0 Å². The molecule has 4 rings (SSSR count). The summed E-state index contributed by atoms with van der Waals surface area (Å²) in [6, 6.07) is 20.5. The van der Waals surface area contributed by atoms with Gasteiger partial charge in [-0.05, 0) is 73.5 Å². The van der Waals surface area contributed by atoms with Gasteiger partial charge >= 0.3 is 0 Å². The lowest BCUT2D eigenvalue weighted by Gasteiger charge is -2.08. The molecule has 0 spiro atoms. The largest absolute Gasteiger partial charge is 0.411 e. The van der Waals surface area contributed by atoms with Crippen molar-refractivity contribution in [2.24, 2.45) is 0 Å². The van der Waals surface area contributed by atoms with Crippen molar-refractivity contribution < 1.29 is 17.6 Å². The molecule has 0 aliphatic rings. The van der Waals surface area contributed by atoms with Gasteiger partial charge in [-0.1, -0.05) is 36.0 Å². The predicted molar refractivity (Wildman–Crippen MR) is 132 cm³/mol. The minimum absolute atomic E-state index is 0.120. The molecular weight excluding hydrogens is 472 g/mol. The number of aromatic nitrogens is 2. The monoisotopic (exact) mass is 494 g/mol. The molecule has 4 aromatic rings. The lowest BCUT2D eigenvalue weighted by molar-refractivity contribution is -0.113. The molecule has 34 heavy (non-hydrogen) atoms. The van der Waals surface area contributed by atoms with Crippen LogP contribution in [0, 0.1) is 13.8 Å². The Morgan fingerprint density at radius 3 is 2.32 bits per heavy atom. The topological polar surface area (TPSA) is 114 Å². The molecule has 0 saturated carbocycles. The van der Waals surface area contributed by atoms with E-state index in [1.54, 1.807) is 42.5 Å². The third kappa shape index (κ3) is 5.83. The number of nitrogens with zero attached hydrogens (tertiary/aromatic N) is 2. The first kappa shape index (κ1) is 23.5. The Labute approximate surface area is 201 Å². The molecule has 0 radical (unpaired) electrons. The summed E-state index contributed by atoms with van der Waals surface area (Å²) >= 11 is 1.14. The molecule has 3 aromatic carbocycles. The first-order valence-electron chi connectivity index (χ1n) is 10.3. The van der Waals surface area contributed by atoms with E-state index in [4.69, 9.17) is 4.42 Å². The number of thioether (sulfide) groups is 1. The van der Waals surface area contributed by atoms with Crippen LogP contribution in [0.4, 0.5) is 11.4 Å². The Morgan fingerprint density at radius 1 is 0.912 bits per heavy atom. The van der Waals surface area contributed by atoms with Crippen LogP contribution in [0.2, 0.25) is 0 Å². The van der Waals surface area contributed by atoms with Gasteiger partial charge in [-0.15, -0.1) is 10.2 Å². The zero-order chi connectivity index (χ0) is 24.1. The van der Waals surface area contributed by atoms with Crippen molar-refractivity contribution in [2.75, 3.05) is 15.8 Å². The van der Waals surface area contributed by atoms with Crippen LogP contribution in [0.1, 0.15) is 11.1 Å². The van der Waals surface area contributed by atoms with E-state index in [1.807, 2.05) is 32.0 Å². The van der Waals surface area contributed by atoms with Crippen molar-refractivity contribution in [3.63, 3.8) is 0 Å². The van der Waals surface area contributed by atoms with E-state index in [0.29, 0.717) is 11.3 Å². The number of rotatable bonds is 8. The van der Waals surface area contributed by atoms with Crippen LogP contribution in [0.15, 0.2) is 87.3 Å². The van der Waals surface area contributed by atoms with Gasteiger partial charge in [-0.3, -0.25) is 9.52 Å². The maximum absolute atomic E-state index is 12.4. The molecule has 2 N–H and O–H groups in total. The van der Waals surface area contributed by atoms with Gasteiger partial charge in [-0.2, -0.15) is 0 Å². The van der Waals surface area contributed by atoms with E-state index < -0.39 is 10.0 Å². The van der Waals surface area contributed by atoms with Crippen molar-refractivity contribution in [1.82, 2.24) is 10.2 Å². The van der Waals surface area contributed by atoms with Gasteiger partial charge in [-0.25, -0.2) is 8.42 Å². The van der Waals surface area contributed by atoms with Crippen molar-refractivity contribution in [3.8, 4) is 11.5 Å². The van der Waals surface area contributed by atoms with E-state index in [0.717, 1.165) is 28.6 Å². The number of nitrogens with one attached hydrogen (secondary N) is 2. The van der Waals surface area contributed by atoms with E-state index in [1.165, 1.54) is 12.1 Å². The van der Waals surface area contributed by atoms with Gasteiger partial charge in [0.1, 0.15) is 0 Å².